The summed E-state index contributed by atoms with van der Waals surface area (Å²) in [5.41, 5.74) is 0.647. The summed E-state index contributed by atoms with van der Waals surface area (Å²) in [6.45, 7) is 1.79. The first-order valence-electron chi connectivity index (χ1n) is 8.04. The highest BCUT2D eigenvalue weighted by atomic mass is 19.1. The van der Waals surface area contributed by atoms with Crippen molar-refractivity contribution < 1.29 is 23.4 Å². The molecule has 0 amide bonds. The van der Waals surface area contributed by atoms with Gasteiger partial charge in [-0.2, -0.15) is 0 Å². The summed E-state index contributed by atoms with van der Waals surface area (Å²) in [6, 6.07) is 4.39. The monoisotopic (exact) mass is 337 g/mol. The molecule has 6 heteroatoms. The number of methoxy groups -OCH3 is 1. The molecule has 132 valence electrons. The van der Waals surface area contributed by atoms with E-state index in [1.807, 2.05) is 7.05 Å². The molecule has 0 aliphatic carbocycles. The molecule has 1 fully saturated rings. The molecule has 0 atom stereocenters. The van der Waals surface area contributed by atoms with Crippen molar-refractivity contribution in [2.75, 3.05) is 34.0 Å². The van der Waals surface area contributed by atoms with Crippen LogP contribution in [-0.4, -0.2) is 45.5 Å². The number of rotatable bonds is 7. The van der Waals surface area contributed by atoms with Crippen molar-refractivity contribution in [2.24, 2.45) is 0 Å². The van der Waals surface area contributed by atoms with E-state index < -0.39 is 11.8 Å². The van der Waals surface area contributed by atoms with Crippen LogP contribution in [0.1, 0.15) is 24.8 Å². The Balaban J connectivity index is 1.82. The van der Waals surface area contributed by atoms with Crippen LogP contribution in [0.25, 0.3) is 6.08 Å². The topological polar surface area (TPSA) is 56.8 Å². The van der Waals surface area contributed by atoms with Gasteiger partial charge in [-0.25, -0.2) is 9.18 Å². The van der Waals surface area contributed by atoms with E-state index in [0.29, 0.717) is 12.2 Å². The minimum atomic E-state index is -0.439. The van der Waals surface area contributed by atoms with E-state index in [9.17, 15) is 9.18 Å². The average Bonchev–Trinajstić information content (AvgIpc) is 2.62. The van der Waals surface area contributed by atoms with Gasteiger partial charge in [-0.15, -0.1) is 0 Å². The first-order valence-corrected chi connectivity index (χ1v) is 8.04. The van der Waals surface area contributed by atoms with Crippen molar-refractivity contribution in [2.45, 2.75) is 24.8 Å². The average molecular weight is 337 g/mol. The van der Waals surface area contributed by atoms with Crippen LogP contribution in [0.15, 0.2) is 24.3 Å². The Morgan fingerprint density at radius 1 is 1.42 bits per heavy atom. The molecule has 1 heterocycles. The van der Waals surface area contributed by atoms with Crippen molar-refractivity contribution in [3.8, 4) is 5.75 Å². The quantitative estimate of drug-likeness (QED) is 0.612. The van der Waals surface area contributed by atoms with Gasteiger partial charge in [0.15, 0.2) is 11.6 Å². The molecule has 1 aromatic rings. The van der Waals surface area contributed by atoms with Crippen molar-refractivity contribution in [1.29, 1.82) is 0 Å². The Morgan fingerprint density at radius 2 is 2.17 bits per heavy atom. The fourth-order valence-corrected chi connectivity index (χ4v) is 2.73. The predicted molar refractivity (Wildman–Crippen MR) is 89.4 cm³/mol. The molecule has 5 nitrogen and oxygen atoms in total. The van der Waals surface area contributed by atoms with Crippen LogP contribution in [-0.2, 0) is 14.3 Å². The first kappa shape index (κ1) is 18.4. The molecule has 0 bridgehead atoms. The number of hydrogen-bond donors (Lipinski definition) is 1. The third-order valence-corrected chi connectivity index (χ3v) is 4.39. The molecule has 1 aliphatic rings. The smallest absolute Gasteiger partial charge is 0.330 e. The van der Waals surface area contributed by atoms with E-state index in [1.165, 1.54) is 25.3 Å². The molecule has 24 heavy (non-hydrogen) atoms. The van der Waals surface area contributed by atoms with Gasteiger partial charge in [-0.05, 0) is 50.1 Å². The lowest BCUT2D eigenvalue weighted by Gasteiger charge is -2.36. The van der Waals surface area contributed by atoms with Crippen molar-refractivity contribution >= 4 is 12.0 Å². The van der Waals surface area contributed by atoms with E-state index in [1.54, 1.807) is 12.1 Å². The second-order valence-electron chi connectivity index (χ2n) is 5.79. The van der Waals surface area contributed by atoms with Crippen LogP contribution < -0.4 is 10.1 Å². The summed E-state index contributed by atoms with van der Waals surface area (Å²) in [7, 11) is 3.32. The number of ether oxygens (including phenoxy) is 3. The van der Waals surface area contributed by atoms with Gasteiger partial charge in [-0.1, -0.05) is 6.07 Å². The van der Waals surface area contributed by atoms with Gasteiger partial charge < -0.3 is 19.5 Å². The molecule has 0 radical (unpaired) electrons. The van der Waals surface area contributed by atoms with Gasteiger partial charge in [-0.3, -0.25) is 0 Å². The van der Waals surface area contributed by atoms with E-state index in [4.69, 9.17) is 14.2 Å². The zero-order valence-electron chi connectivity index (χ0n) is 14.1. The number of nitrogens with one attached hydrogen (secondary N) is 1. The number of carbonyl (C=O) groups excluding carboxylic acids is 1. The third kappa shape index (κ3) is 5.04. The summed E-state index contributed by atoms with van der Waals surface area (Å²) in [5.74, 6) is -0.719. The predicted octanol–water partition coefficient (Wildman–Crippen LogP) is 2.55. The van der Waals surface area contributed by atoms with Crippen LogP contribution in [0.5, 0.6) is 5.75 Å². The Labute approximate surface area is 141 Å². The number of esters is 1. The largest absolute Gasteiger partial charge is 0.494 e. The molecule has 1 saturated heterocycles. The summed E-state index contributed by atoms with van der Waals surface area (Å²) in [5, 5.41) is 3.33. The molecule has 0 unspecified atom stereocenters. The van der Waals surface area contributed by atoms with Crippen LogP contribution in [0, 0.1) is 5.82 Å². The Kier molecular flexibility index (Phi) is 6.75. The summed E-state index contributed by atoms with van der Waals surface area (Å²) in [4.78, 5) is 11.8. The SMILES string of the molecule is CNC1(CCOC(=O)C=Cc2ccc(F)c(OC)c2)CCOCC1. The lowest BCUT2D eigenvalue weighted by molar-refractivity contribution is -0.138. The second kappa shape index (κ2) is 8.80. The van der Waals surface area contributed by atoms with Crippen LogP contribution >= 0.6 is 0 Å². The number of benzene rings is 1. The van der Waals surface area contributed by atoms with E-state index in [0.717, 1.165) is 32.5 Å². The Bertz CT molecular complexity index is 582. The van der Waals surface area contributed by atoms with Crippen molar-refractivity contribution in [1.82, 2.24) is 5.32 Å². The molecule has 1 N–H and O–H groups in total. The van der Waals surface area contributed by atoms with Gasteiger partial charge in [0.05, 0.1) is 13.7 Å². The molecule has 0 saturated carbocycles. The molecule has 2 rings (SSSR count). The Hall–Kier alpha value is -1.92. The van der Waals surface area contributed by atoms with Gasteiger partial charge >= 0.3 is 5.97 Å². The molecule has 0 spiro atoms. The van der Waals surface area contributed by atoms with Gasteiger partial charge in [0.25, 0.3) is 0 Å². The lowest BCUT2D eigenvalue weighted by Crippen LogP contribution is -2.48. The zero-order valence-corrected chi connectivity index (χ0v) is 14.1. The highest BCUT2D eigenvalue weighted by Gasteiger charge is 2.30. The zero-order chi connectivity index (χ0) is 17.4. The van der Waals surface area contributed by atoms with E-state index in [-0.39, 0.29) is 11.3 Å². The standard InChI is InChI=1S/C18H24FNO4/c1-20-18(7-10-23-11-8-18)9-12-24-17(21)6-4-14-3-5-15(19)16(13-14)22-2/h3-6,13,20H,7-12H2,1-2H3. The molecule has 1 aromatic carbocycles. The summed E-state index contributed by atoms with van der Waals surface area (Å²) < 4.78 is 28.9. The van der Waals surface area contributed by atoms with Crippen LogP contribution in [0.3, 0.4) is 0 Å². The second-order valence-corrected chi connectivity index (χ2v) is 5.79. The molecule has 0 aromatic heterocycles. The molecular weight excluding hydrogens is 313 g/mol. The van der Waals surface area contributed by atoms with Crippen molar-refractivity contribution in [3.63, 3.8) is 0 Å². The summed E-state index contributed by atoms with van der Waals surface area (Å²) in [6.07, 6.45) is 5.48. The highest BCUT2D eigenvalue weighted by Crippen LogP contribution is 2.24. The fourth-order valence-electron chi connectivity index (χ4n) is 2.73. The fraction of sp³-hybridized carbons (Fsp3) is 0.500. The highest BCUT2D eigenvalue weighted by molar-refractivity contribution is 5.87. The maximum Gasteiger partial charge on any atom is 0.330 e. The lowest BCUT2D eigenvalue weighted by atomic mass is 9.87. The normalized spacial score (nSPS) is 17.0. The molecule has 1 aliphatic heterocycles. The van der Waals surface area contributed by atoms with Gasteiger partial charge in [0.2, 0.25) is 0 Å². The Morgan fingerprint density at radius 3 is 2.83 bits per heavy atom. The van der Waals surface area contributed by atoms with E-state index in [2.05, 4.69) is 5.32 Å². The van der Waals surface area contributed by atoms with Crippen LogP contribution in [0.2, 0.25) is 0 Å². The third-order valence-electron chi connectivity index (χ3n) is 4.39. The number of carbonyl (C=O) groups is 1. The minimum Gasteiger partial charge on any atom is -0.494 e. The maximum atomic E-state index is 13.3. The molecular formula is C18H24FNO4. The van der Waals surface area contributed by atoms with Gasteiger partial charge in [0.1, 0.15) is 0 Å². The summed E-state index contributed by atoms with van der Waals surface area (Å²) >= 11 is 0. The van der Waals surface area contributed by atoms with Gasteiger partial charge in [0, 0.05) is 24.8 Å². The number of halogens is 1. The van der Waals surface area contributed by atoms with Crippen molar-refractivity contribution in [3.05, 3.63) is 35.7 Å². The number of hydrogen-bond acceptors (Lipinski definition) is 5. The van der Waals surface area contributed by atoms with Crippen LogP contribution in [0.4, 0.5) is 4.39 Å². The minimum absolute atomic E-state index is 0.0213. The van der Waals surface area contributed by atoms with E-state index >= 15 is 0 Å². The first-order chi connectivity index (χ1) is 11.6. The maximum absolute atomic E-state index is 13.3.